The largest absolute Gasteiger partial charge is 0.467 e. The first kappa shape index (κ1) is 20.7. The number of benzene rings is 1. The van der Waals surface area contributed by atoms with E-state index in [1.165, 1.54) is 23.9 Å². The van der Waals surface area contributed by atoms with Gasteiger partial charge in [0.15, 0.2) is 5.16 Å². The molecule has 158 valence electrons. The molecule has 1 amide bonds. The van der Waals surface area contributed by atoms with E-state index in [-0.39, 0.29) is 16.6 Å². The maximum absolute atomic E-state index is 14.0. The van der Waals surface area contributed by atoms with E-state index in [0.29, 0.717) is 11.7 Å². The van der Waals surface area contributed by atoms with Crippen molar-refractivity contribution in [3.8, 4) is 0 Å². The minimum atomic E-state index is -0.578. The van der Waals surface area contributed by atoms with Crippen molar-refractivity contribution in [2.24, 2.45) is 0 Å². The number of anilines is 2. The third-order valence-corrected chi connectivity index (χ3v) is 6.14. The van der Waals surface area contributed by atoms with Crippen molar-refractivity contribution in [3.63, 3.8) is 0 Å². The van der Waals surface area contributed by atoms with E-state index in [9.17, 15) is 9.18 Å². The second-order valence-electron chi connectivity index (χ2n) is 7.02. The Balaban J connectivity index is 1.51. The summed E-state index contributed by atoms with van der Waals surface area (Å²) in [5.41, 5.74) is 0.0895. The number of nitrogens with one attached hydrogen (secondary N) is 1. The van der Waals surface area contributed by atoms with E-state index in [1.54, 1.807) is 13.2 Å². The summed E-state index contributed by atoms with van der Waals surface area (Å²) in [6, 6.07) is 7.86. The molecular weight excluding hydrogens is 429 g/mol. The van der Waals surface area contributed by atoms with Crippen LogP contribution in [0.1, 0.15) is 25.5 Å². The predicted molar refractivity (Wildman–Crippen MR) is 115 cm³/mol. The average Bonchev–Trinajstić information content (AvgIpc) is 3.47. The Labute approximate surface area is 182 Å². The van der Waals surface area contributed by atoms with Crippen molar-refractivity contribution in [3.05, 3.63) is 53.2 Å². The molecule has 0 radical (unpaired) electrons. The van der Waals surface area contributed by atoms with Crippen LogP contribution in [0, 0.1) is 5.82 Å². The van der Waals surface area contributed by atoms with Gasteiger partial charge in [0.1, 0.15) is 11.6 Å². The summed E-state index contributed by atoms with van der Waals surface area (Å²) in [5.74, 6) is 0.627. The highest BCUT2D eigenvalue weighted by Gasteiger charge is 2.25. The van der Waals surface area contributed by atoms with Crippen molar-refractivity contribution < 1.29 is 13.6 Å². The molecule has 10 heteroatoms. The van der Waals surface area contributed by atoms with Crippen molar-refractivity contribution in [2.45, 2.75) is 36.7 Å². The number of hydrogen-bond acceptors (Lipinski definition) is 6. The molecule has 1 aliphatic rings. The Hall–Kier alpha value is -2.52. The van der Waals surface area contributed by atoms with Crippen LogP contribution in [0.5, 0.6) is 0 Å². The molecule has 1 atom stereocenters. The van der Waals surface area contributed by atoms with Crippen molar-refractivity contribution in [1.82, 2.24) is 14.8 Å². The first-order chi connectivity index (χ1) is 14.5. The number of carbonyl (C=O) groups excluding carboxylic acids is 1. The van der Waals surface area contributed by atoms with Crippen molar-refractivity contribution in [1.29, 1.82) is 0 Å². The third-order valence-electron chi connectivity index (χ3n) is 4.82. The Morgan fingerprint density at radius 1 is 1.33 bits per heavy atom. The molecule has 1 aromatic carbocycles. The van der Waals surface area contributed by atoms with Crippen LogP contribution in [-0.2, 0) is 11.3 Å². The third kappa shape index (κ3) is 4.62. The summed E-state index contributed by atoms with van der Waals surface area (Å²) in [4.78, 5) is 14.8. The molecule has 1 saturated heterocycles. The van der Waals surface area contributed by atoms with E-state index in [4.69, 9.17) is 16.0 Å². The van der Waals surface area contributed by atoms with Gasteiger partial charge in [-0.15, -0.1) is 10.2 Å². The summed E-state index contributed by atoms with van der Waals surface area (Å²) in [6.45, 7) is 4.06. The minimum absolute atomic E-state index is 0.0895. The van der Waals surface area contributed by atoms with Crippen LogP contribution < -0.4 is 10.2 Å². The number of carbonyl (C=O) groups is 1. The molecule has 1 unspecified atom stereocenters. The summed E-state index contributed by atoms with van der Waals surface area (Å²) in [6.07, 6.45) is 3.85. The zero-order valence-electron chi connectivity index (χ0n) is 16.3. The average molecular weight is 450 g/mol. The van der Waals surface area contributed by atoms with Crippen LogP contribution in [0.25, 0.3) is 0 Å². The number of rotatable bonds is 7. The second-order valence-corrected chi connectivity index (χ2v) is 8.76. The number of aromatic nitrogens is 3. The van der Waals surface area contributed by atoms with Crippen LogP contribution in [0.4, 0.5) is 16.0 Å². The lowest BCUT2D eigenvalue weighted by atomic mass is 10.3. The number of furan rings is 1. The molecule has 0 aliphatic carbocycles. The fraction of sp³-hybridized carbons (Fsp3) is 0.350. The van der Waals surface area contributed by atoms with Gasteiger partial charge in [0.05, 0.1) is 23.7 Å². The highest BCUT2D eigenvalue weighted by atomic mass is 35.5. The van der Waals surface area contributed by atoms with Gasteiger partial charge in [-0.3, -0.25) is 9.36 Å². The molecular formula is C20H21ClFN5O2S. The molecule has 1 fully saturated rings. The van der Waals surface area contributed by atoms with Crippen LogP contribution in [-0.4, -0.2) is 39.0 Å². The topological polar surface area (TPSA) is 76.2 Å². The van der Waals surface area contributed by atoms with E-state index in [2.05, 4.69) is 20.4 Å². The minimum Gasteiger partial charge on any atom is -0.467 e. The van der Waals surface area contributed by atoms with Gasteiger partial charge in [-0.05, 0) is 50.1 Å². The zero-order chi connectivity index (χ0) is 21.1. The smallest absolute Gasteiger partial charge is 0.237 e. The highest BCUT2D eigenvalue weighted by molar-refractivity contribution is 8.00. The molecule has 0 bridgehead atoms. The second kappa shape index (κ2) is 9.09. The molecule has 2 aromatic heterocycles. The van der Waals surface area contributed by atoms with Gasteiger partial charge in [-0.25, -0.2) is 4.39 Å². The van der Waals surface area contributed by atoms with Crippen molar-refractivity contribution in [2.75, 3.05) is 23.3 Å². The van der Waals surface area contributed by atoms with Gasteiger partial charge in [0.25, 0.3) is 0 Å². The monoisotopic (exact) mass is 449 g/mol. The van der Waals surface area contributed by atoms with Gasteiger partial charge in [0, 0.05) is 18.1 Å². The summed E-state index contributed by atoms with van der Waals surface area (Å²) < 4.78 is 21.5. The van der Waals surface area contributed by atoms with E-state index >= 15 is 0 Å². The van der Waals surface area contributed by atoms with Gasteiger partial charge in [0.2, 0.25) is 11.9 Å². The molecule has 3 aromatic rings. The fourth-order valence-corrected chi connectivity index (χ4v) is 4.26. The Morgan fingerprint density at radius 2 is 2.13 bits per heavy atom. The molecule has 1 N–H and O–H groups in total. The zero-order valence-corrected chi connectivity index (χ0v) is 17.9. The molecule has 4 rings (SSSR count). The number of thioether (sulfide) groups is 1. The highest BCUT2D eigenvalue weighted by Crippen LogP contribution is 2.29. The maximum atomic E-state index is 14.0. The van der Waals surface area contributed by atoms with Gasteiger partial charge >= 0.3 is 0 Å². The molecule has 3 heterocycles. The quantitative estimate of drug-likeness (QED) is 0.538. The van der Waals surface area contributed by atoms with Crippen LogP contribution in [0.3, 0.4) is 0 Å². The van der Waals surface area contributed by atoms with Crippen LogP contribution >= 0.6 is 23.4 Å². The lowest BCUT2D eigenvalue weighted by Crippen LogP contribution is -2.24. The SMILES string of the molecule is CC(Sc1nnc(N2CCCC2)n1Cc1ccco1)C(=O)Nc1ccc(Cl)cc1F. The van der Waals surface area contributed by atoms with E-state index < -0.39 is 11.1 Å². The number of hydrogen-bond donors (Lipinski definition) is 1. The van der Waals surface area contributed by atoms with Crippen LogP contribution in [0.2, 0.25) is 5.02 Å². The fourth-order valence-electron chi connectivity index (χ4n) is 3.25. The maximum Gasteiger partial charge on any atom is 0.237 e. The summed E-state index contributed by atoms with van der Waals surface area (Å²) in [7, 11) is 0. The number of halogens is 2. The first-order valence-corrected chi connectivity index (χ1v) is 10.9. The Bertz CT molecular complexity index is 1020. The lowest BCUT2D eigenvalue weighted by molar-refractivity contribution is -0.115. The van der Waals surface area contributed by atoms with E-state index in [0.717, 1.165) is 43.7 Å². The molecule has 0 saturated carbocycles. The van der Waals surface area contributed by atoms with Crippen molar-refractivity contribution >= 4 is 40.9 Å². The Morgan fingerprint density at radius 3 is 2.83 bits per heavy atom. The summed E-state index contributed by atoms with van der Waals surface area (Å²) >= 11 is 7.04. The van der Waals surface area contributed by atoms with Crippen LogP contribution in [0.15, 0.2) is 46.2 Å². The lowest BCUT2D eigenvalue weighted by Gasteiger charge is -2.18. The van der Waals surface area contributed by atoms with E-state index in [1.807, 2.05) is 16.7 Å². The Kier molecular flexibility index (Phi) is 6.29. The van der Waals surface area contributed by atoms with Gasteiger partial charge in [-0.1, -0.05) is 23.4 Å². The number of amides is 1. The molecule has 30 heavy (non-hydrogen) atoms. The molecule has 0 spiro atoms. The first-order valence-electron chi connectivity index (χ1n) is 9.64. The van der Waals surface area contributed by atoms with Gasteiger partial charge < -0.3 is 14.6 Å². The normalized spacial score (nSPS) is 14.8. The number of nitrogens with zero attached hydrogens (tertiary/aromatic N) is 4. The standard InChI is InChI=1S/C20H21ClFN5O2S/c1-13(18(28)23-17-7-6-14(21)11-16(17)22)30-20-25-24-19(26-8-2-3-9-26)27(20)12-15-5-4-10-29-15/h4-7,10-11,13H,2-3,8-9,12H2,1H3,(H,23,28). The predicted octanol–water partition coefficient (Wildman–Crippen LogP) is 4.43. The summed E-state index contributed by atoms with van der Waals surface area (Å²) in [5, 5.41) is 11.6. The van der Waals surface area contributed by atoms with Gasteiger partial charge in [-0.2, -0.15) is 0 Å². The molecule has 1 aliphatic heterocycles. The molecule has 7 nitrogen and oxygen atoms in total.